The number of rotatable bonds is 4. The van der Waals surface area contributed by atoms with Gasteiger partial charge >= 0.3 is 0 Å². The molecule has 0 heterocycles. The van der Waals surface area contributed by atoms with Gasteiger partial charge in [-0.15, -0.1) is 0 Å². The Morgan fingerprint density at radius 3 is 2.60 bits per heavy atom. The van der Waals surface area contributed by atoms with Gasteiger partial charge in [-0.05, 0) is 36.3 Å². The molecule has 0 saturated heterocycles. The summed E-state index contributed by atoms with van der Waals surface area (Å²) in [6, 6.07) is 15.7. The lowest BCUT2D eigenvalue weighted by molar-refractivity contribution is -0.117. The van der Waals surface area contributed by atoms with E-state index in [4.69, 9.17) is 0 Å². The number of halogens is 1. The van der Waals surface area contributed by atoms with Crippen LogP contribution in [0.4, 0.5) is 4.39 Å². The van der Waals surface area contributed by atoms with Crippen molar-refractivity contribution < 1.29 is 9.18 Å². The number of nitrogens with one attached hydrogen (secondary N) is 1. The summed E-state index contributed by atoms with van der Waals surface area (Å²) in [6.07, 6.45) is 3.00. The van der Waals surface area contributed by atoms with Crippen molar-refractivity contribution >= 4 is 12.0 Å². The monoisotopic (exact) mass is 269 g/mol. The molecule has 2 nitrogen and oxygen atoms in total. The molecule has 102 valence electrons. The van der Waals surface area contributed by atoms with Crippen molar-refractivity contribution in [2.24, 2.45) is 0 Å². The fourth-order valence-electron chi connectivity index (χ4n) is 1.87. The van der Waals surface area contributed by atoms with Crippen molar-refractivity contribution in [1.29, 1.82) is 0 Å². The average Bonchev–Trinajstić information content (AvgIpc) is 2.46. The summed E-state index contributed by atoms with van der Waals surface area (Å²) in [4.78, 5) is 11.8. The van der Waals surface area contributed by atoms with Crippen LogP contribution in [-0.4, -0.2) is 5.91 Å². The van der Waals surface area contributed by atoms with Crippen molar-refractivity contribution in [2.75, 3.05) is 0 Å². The molecule has 0 spiro atoms. The van der Waals surface area contributed by atoms with E-state index >= 15 is 0 Å². The van der Waals surface area contributed by atoms with Crippen LogP contribution in [-0.2, 0) is 4.79 Å². The summed E-state index contributed by atoms with van der Waals surface area (Å²) >= 11 is 0. The molecule has 1 N–H and O–H groups in total. The van der Waals surface area contributed by atoms with E-state index in [0.717, 1.165) is 5.56 Å². The van der Waals surface area contributed by atoms with E-state index in [0.29, 0.717) is 5.56 Å². The van der Waals surface area contributed by atoms with E-state index in [1.54, 1.807) is 18.2 Å². The van der Waals surface area contributed by atoms with Gasteiger partial charge in [0.25, 0.3) is 0 Å². The van der Waals surface area contributed by atoms with E-state index in [-0.39, 0.29) is 17.8 Å². The van der Waals surface area contributed by atoms with Crippen LogP contribution in [0.15, 0.2) is 60.7 Å². The van der Waals surface area contributed by atoms with Gasteiger partial charge in [0, 0.05) is 6.08 Å². The van der Waals surface area contributed by atoms with Crippen LogP contribution in [0.2, 0.25) is 0 Å². The van der Waals surface area contributed by atoms with Gasteiger partial charge in [-0.1, -0.05) is 42.5 Å². The molecule has 3 heteroatoms. The van der Waals surface area contributed by atoms with Crippen molar-refractivity contribution in [1.82, 2.24) is 5.32 Å². The van der Waals surface area contributed by atoms with Crippen LogP contribution in [0.25, 0.3) is 6.08 Å². The Balaban J connectivity index is 1.96. The molecular weight excluding hydrogens is 253 g/mol. The zero-order chi connectivity index (χ0) is 14.4. The SMILES string of the molecule is C[C@H](NC(=O)/C=C/c1cccc(F)c1)c1ccccc1. The maximum absolute atomic E-state index is 13.0. The Kier molecular flexibility index (Phi) is 4.66. The Labute approximate surface area is 118 Å². The predicted molar refractivity (Wildman–Crippen MR) is 78.4 cm³/mol. The largest absolute Gasteiger partial charge is 0.346 e. The van der Waals surface area contributed by atoms with Gasteiger partial charge in [0.05, 0.1) is 6.04 Å². The van der Waals surface area contributed by atoms with E-state index in [1.807, 2.05) is 37.3 Å². The van der Waals surface area contributed by atoms with Gasteiger partial charge in [-0.2, -0.15) is 0 Å². The first-order valence-electron chi connectivity index (χ1n) is 6.44. The standard InChI is InChI=1S/C17H16FNO/c1-13(15-7-3-2-4-8-15)19-17(20)11-10-14-6-5-9-16(18)12-14/h2-13H,1H3,(H,19,20)/b11-10+/t13-/m0/s1. The van der Waals surface area contributed by atoms with Gasteiger partial charge in [-0.3, -0.25) is 4.79 Å². The number of hydrogen-bond acceptors (Lipinski definition) is 1. The van der Waals surface area contributed by atoms with Crippen LogP contribution in [0.1, 0.15) is 24.1 Å². The fourth-order valence-corrected chi connectivity index (χ4v) is 1.87. The van der Waals surface area contributed by atoms with E-state index in [2.05, 4.69) is 5.32 Å². The average molecular weight is 269 g/mol. The highest BCUT2D eigenvalue weighted by molar-refractivity contribution is 5.91. The third-order valence-electron chi connectivity index (χ3n) is 2.93. The smallest absolute Gasteiger partial charge is 0.244 e. The molecule has 0 saturated carbocycles. The first-order valence-corrected chi connectivity index (χ1v) is 6.44. The molecule has 0 radical (unpaired) electrons. The van der Waals surface area contributed by atoms with Crippen molar-refractivity contribution in [3.63, 3.8) is 0 Å². The minimum atomic E-state index is -0.315. The molecule has 0 bridgehead atoms. The molecule has 0 aliphatic heterocycles. The van der Waals surface area contributed by atoms with Gasteiger partial charge in [0.1, 0.15) is 5.82 Å². The van der Waals surface area contributed by atoms with E-state index in [9.17, 15) is 9.18 Å². The molecular formula is C17H16FNO. The number of benzene rings is 2. The molecule has 1 amide bonds. The number of amides is 1. The maximum Gasteiger partial charge on any atom is 0.244 e. The molecule has 2 rings (SSSR count). The van der Waals surface area contributed by atoms with Crippen molar-refractivity contribution in [3.8, 4) is 0 Å². The maximum atomic E-state index is 13.0. The fraction of sp³-hybridized carbons (Fsp3) is 0.118. The first kappa shape index (κ1) is 14.0. The van der Waals surface area contributed by atoms with Crippen LogP contribution in [0.3, 0.4) is 0 Å². The second-order valence-corrected chi connectivity index (χ2v) is 4.53. The van der Waals surface area contributed by atoms with Crippen molar-refractivity contribution in [3.05, 3.63) is 77.6 Å². The number of hydrogen-bond donors (Lipinski definition) is 1. The first-order chi connectivity index (χ1) is 9.65. The molecule has 2 aromatic carbocycles. The molecule has 0 fully saturated rings. The van der Waals surface area contributed by atoms with E-state index in [1.165, 1.54) is 18.2 Å². The molecule has 20 heavy (non-hydrogen) atoms. The highest BCUT2D eigenvalue weighted by Crippen LogP contribution is 2.11. The highest BCUT2D eigenvalue weighted by Gasteiger charge is 2.06. The Morgan fingerprint density at radius 2 is 1.90 bits per heavy atom. The minimum absolute atomic E-state index is 0.0686. The van der Waals surface area contributed by atoms with Crippen LogP contribution in [0.5, 0.6) is 0 Å². The minimum Gasteiger partial charge on any atom is -0.346 e. The Bertz CT molecular complexity index is 607. The highest BCUT2D eigenvalue weighted by atomic mass is 19.1. The van der Waals surface area contributed by atoms with E-state index < -0.39 is 0 Å². The van der Waals surface area contributed by atoms with Gasteiger partial charge in [0.15, 0.2) is 0 Å². The molecule has 1 atom stereocenters. The number of carbonyl (C=O) groups is 1. The van der Waals surface area contributed by atoms with Crippen LogP contribution < -0.4 is 5.32 Å². The van der Waals surface area contributed by atoms with Gasteiger partial charge < -0.3 is 5.32 Å². The lowest BCUT2D eigenvalue weighted by Crippen LogP contribution is -2.24. The summed E-state index contributed by atoms with van der Waals surface area (Å²) in [6.45, 7) is 1.92. The van der Waals surface area contributed by atoms with Crippen LogP contribution in [0, 0.1) is 5.82 Å². The number of carbonyl (C=O) groups excluding carboxylic acids is 1. The Hall–Kier alpha value is -2.42. The Morgan fingerprint density at radius 1 is 1.15 bits per heavy atom. The molecule has 2 aromatic rings. The summed E-state index contributed by atoms with van der Waals surface area (Å²) in [5.41, 5.74) is 1.70. The summed E-state index contributed by atoms with van der Waals surface area (Å²) in [5, 5.41) is 2.86. The third-order valence-corrected chi connectivity index (χ3v) is 2.93. The van der Waals surface area contributed by atoms with Crippen LogP contribution >= 0.6 is 0 Å². The molecule has 0 aliphatic rings. The second kappa shape index (κ2) is 6.66. The zero-order valence-corrected chi connectivity index (χ0v) is 11.2. The lowest BCUT2D eigenvalue weighted by atomic mass is 10.1. The quantitative estimate of drug-likeness (QED) is 0.842. The summed E-state index contributed by atoms with van der Waals surface area (Å²) in [7, 11) is 0. The van der Waals surface area contributed by atoms with Gasteiger partial charge in [-0.25, -0.2) is 4.39 Å². The summed E-state index contributed by atoms with van der Waals surface area (Å²) in [5.74, 6) is -0.518. The summed E-state index contributed by atoms with van der Waals surface area (Å²) < 4.78 is 13.0. The third kappa shape index (κ3) is 4.05. The predicted octanol–water partition coefficient (Wildman–Crippen LogP) is 3.72. The van der Waals surface area contributed by atoms with Gasteiger partial charge in [0.2, 0.25) is 5.91 Å². The molecule has 0 aliphatic carbocycles. The normalized spacial score (nSPS) is 12.3. The molecule has 0 unspecified atom stereocenters. The van der Waals surface area contributed by atoms with Crippen molar-refractivity contribution in [2.45, 2.75) is 13.0 Å². The second-order valence-electron chi connectivity index (χ2n) is 4.53. The molecule has 0 aromatic heterocycles. The lowest BCUT2D eigenvalue weighted by Gasteiger charge is -2.12. The zero-order valence-electron chi connectivity index (χ0n) is 11.2. The topological polar surface area (TPSA) is 29.1 Å².